The van der Waals surface area contributed by atoms with E-state index >= 15 is 0 Å². The molecule has 0 aromatic heterocycles. The van der Waals surface area contributed by atoms with E-state index in [9.17, 15) is 13.2 Å². The summed E-state index contributed by atoms with van der Waals surface area (Å²) >= 11 is 0. The summed E-state index contributed by atoms with van der Waals surface area (Å²) in [5.41, 5.74) is 0.781. The van der Waals surface area contributed by atoms with E-state index in [1.165, 1.54) is 4.31 Å². The molecule has 2 saturated heterocycles. The van der Waals surface area contributed by atoms with Gasteiger partial charge in [0.15, 0.2) is 0 Å². The van der Waals surface area contributed by atoms with Crippen LogP contribution in [0, 0.1) is 5.92 Å². The van der Waals surface area contributed by atoms with Crippen molar-refractivity contribution >= 4 is 15.9 Å². The highest BCUT2D eigenvalue weighted by Gasteiger charge is 2.33. The second-order valence-corrected chi connectivity index (χ2v) is 8.94. The maximum absolute atomic E-state index is 12.7. The summed E-state index contributed by atoms with van der Waals surface area (Å²) in [7, 11) is -3.39. The molecule has 1 unspecified atom stereocenters. The number of sulfonamides is 1. The van der Waals surface area contributed by atoms with E-state index in [0.29, 0.717) is 13.1 Å². The summed E-state index contributed by atoms with van der Waals surface area (Å²) in [6, 6.07) is 9.42. The Labute approximate surface area is 150 Å². The summed E-state index contributed by atoms with van der Waals surface area (Å²) in [5.74, 6) is -0.239. The highest BCUT2D eigenvalue weighted by molar-refractivity contribution is 7.88. The Hall–Kier alpha value is -1.44. The molecule has 2 fully saturated rings. The number of carbonyl (C=O) groups excluding carboxylic acids is 1. The summed E-state index contributed by atoms with van der Waals surface area (Å²) < 4.78 is 26.9. The van der Waals surface area contributed by atoms with Gasteiger partial charge >= 0.3 is 0 Å². The number of hydrogen-bond donors (Lipinski definition) is 2. The molecule has 1 aromatic rings. The van der Waals surface area contributed by atoms with Crippen LogP contribution in [0.2, 0.25) is 0 Å². The number of carbonyl (C=O) groups is 1. The molecule has 2 aliphatic rings. The lowest BCUT2D eigenvalue weighted by molar-refractivity contribution is -0.127. The van der Waals surface area contributed by atoms with Crippen LogP contribution < -0.4 is 10.6 Å². The van der Waals surface area contributed by atoms with Gasteiger partial charge in [0.2, 0.25) is 15.9 Å². The third-order valence-electron chi connectivity index (χ3n) is 5.03. The number of piperidine rings is 2. The van der Waals surface area contributed by atoms with Crippen LogP contribution in [-0.2, 0) is 20.6 Å². The van der Waals surface area contributed by atoms with Crippen LogP contribution in [0.3, 0.4) is 0 Å². The minimum absolute atomic E-state index is 0.00350. The van der Waals surface area contributed by atoms with Gasteiger partial charge in [0.1, 0.15) is 0 Å². The lowest BCUT2D eigenvalue weighted by atomic mass is 9.97. The monoisotopic (exact) mass is 365 g/mol. The van der Waals surface area contributed by atoms with Gasteiger partial charge in [-0.05, 0) is 44.3 Å². The zero-order valence-corrected chi connectivity index (χ0v) is 15.3. The number of benzene rings is 1. The van der Waals surface area contributed by atoms with Crippen LogP contribution in [0.15, 0.2) is 30.3 Å². The summed E-state index contributed by atoms with van der Waals surface area (Å²) in [6.45, 7) is 2.65. The zero-order valence-electron chi connectivity index (χ0n) is 14.5. The van der Waals surface area contributed by atoms with Gasteiger partial charge in [-0.15, -0.1) is 0 Å². The smallest absolute Gasteiger partial charge is 0.224 e. The minimum atomic E-state index is -3.39. The molecule has 0 saturated carbocycles. The highest BCUT2D eigenvalue weighted by atomic mass is 32.2. The van der Waals surface area contributed by atoms with Crippen molar-refractivity contribution in [3.05, 3.63) is 35.9 Å². The first-order valence-electron chi connectivity index (χ1n) is 9.07. The van der Waals surface area contributed by atoms with Crippen LogP contribution in [0.5, 0.6) is 0 Å². The van der Waals surface area contributed by atoms with Gasteiger partial charge in [-0.3, -0.25) is 4.79 Å². The molecule has 2 N–H and O–H groups in total. The summed E-state index contributed by atoms with van der Waals surface area (Å²) in [6.07, 6.45) is 3.37. The first kappa shape index (κ1) is 18.4. The number of rotatable bonds is 5. The Morgan fingerprint density at radius 2 is 1.88 bits per heavy atom. The SMILES string of the molecule is O=C(NC1CCNCC1)C1CCCN(S(=O)(=O)Cc2ccccc2)C1. The van der Waals surface area contributed by atoms with E-state index in [0.717, 1.165) is 44.3 Å². The Morgan fingerprint density at radius 1 is 1.16 bits per heavy atom. The van der Waals surface area contributed by atoms with Gasteiger partial charge in [0.25, 0.3) is 0 Å². The highest BCUT2D eigenvalue weighted by Crippen LogP contribution is 2.22. The number of nitrogens with one attached hydrogen (secondary N) is 2. The van der Waals surface area contributed by atoms with Crippen LogP contribution in [0.4, 0.5) is 0 Å². The molecule has 0 aliphatic carbocycles. The molecule has 3 rings (SSSR count). The second-order valence-electron chi connectivity index (χ2n) is 6.97. The van der Waals surface area contributed by atoms with Crippen LogP contribution in [-0.4, -0.2) is 50.9 Å². The third-order valence-corrected chi connectivity index (χ3v) is 6.84. The first-order chi connectivity index (χ1) is 12.0. The van der Waals surface area contributed by atoms with E-state index in [4.69, 9.17) is 0 Å². The van der Waals surface area contributed by atoms with E-state index in [1.54, 1.807) is 0 Å². The van der Waals surface area contributed by atoms with Gasteiger partial charge in [0, 0.05) is 19.1 Å². The molecule has 0 bridgehead atoms. The van der Waals surface area contributed by atoms with Crippen molar-refractivity contribution in [3.8, 4) is 0 Å². The predicted molar refractivity (Wildman–Crippen MR) is 97.4 cm³/mol. The van der Waals surface area contributed by atoms with Crippen molar-refractivity contribution in [2.24, 2.45) is 5.92 Å². The van der Waals surface area contributed by atoms with E-state index < -0.39 is 10.0 Å². The van der Waals surface area contributed by atoms with Crippen molar-refractivity contribution in [3.63, 3.8) is 0 Å². The molecule has 138 valence electrons. The molecule has 1 aromatic carbocycles. The first-order valence-corrected chi connectivity index (χ1v) is 10.7. The predicted octanol–water partition coefficient (Wildman–Crippen LogP) is 1.10. The molecule has 7 heteroatoms. The van der Waals surface area contributed by atoms with Gasteiger partial charge in [-0.25, -0.2) is 12.7 Å². The fraction of sp³-hybridized carbons (Fsp3) is 0.611. The Kier molecular flexibility index (Phi) is 6.09. The fourth-order valence-electron chi connectivity index (χ4n) is 3.57. The maximum Gasteiger partial charge on any atom is 0.224 e. The summed E-state index contributed by atoms with van der Waals surface area (Å²) in [5, 5.41) is 6.39. The maximum atomic E-state index is 12.7. The van der Waals surface area contributed by atoms with Crippen LogP contribution in [0.25, 0.3) is 0 Å². The van der Waals surface area contributed by atoms with Crippen LogP contribution >= 0.6 is 0 Å². The Bertz CT molecular complexity index is 672. The fourth-order valence-corrected chi connectivity index (χ4v) is 5.18. The average Bonchev–Trinajstić information content (AvgIpc) is 2.63. The van der Waals surface area contributed by atoms with Crippen molar-refractivity contribution in [2.75, 3.05) is 26.2 Å². The van der Waals surface area contributed by atoms with Crippen LogP contribution in [0.1, 0.15) is 31.2 Å². The Balaban J connectivity index is 1.59. The molecular weight excluding hydrogens is 338 g/mol. The Morgan fingerprint density at radius 3 is 2.60 bits per heavy atom. The van der Waals surface area contributed by atoms with Gasteiger partial charge in [-0.2, -0.15) is 0 Å². The third kappa shape index (κ3) is 5.03. The largest absolute Gasteiger partial charge is 0.353 e. The molecule has 25 heavy (non-hydrogen) atoms. The minimum Gasteiger partial charge on any atom is -0.353 e. The average molecular weight is 365 g/mol. The van der Waals surface area contributed by atoms with Crippen molar-refractivity contribution in [1.29, 1.82) is 0 Å². The zero-order chi connectivity index (χ0) is 17.7. The quantitative estimate of drug-likeness (QED) is 0.819. The molecule has 1 amide bonds. The second kappa shape index (κ2) is 8.29. The molecule has 0 spiro atoms. The van der Waals surface area contributed by atoms with Gasteiger partial charge in [0.05, 0.1) is 11.7 Å². The standard InChI is InChI=1S/C18H27N3O3S/c22-18(20-17-8-10-19-11-9-17)16-7-4-12-21(13-16)25(23,24)14-15-5-2-1-3-6-15/h1-3,5-6,16-17,19H,4,7-14H2,(H,20,22). The number of nitrogens with zero attached hydrogens (tertiary/aromatic N) is 1. The lowest BCUT2D eigenvalue weighted by Crippen LogP contribution is -2.49. The van der Waals surface area contributed by atoms with E-state index in [2.05, 4.69) is 10.6 Å². The molecule has 1 atom stereocenters. The number of amides is 1. The van der Waals surface area contributed by atoms with Gasteiger partial charge in [-0.1, -0.05) is 30.3 Å². The van der Waals surface area contributed by atoms with Gasteiger partial charge < -0.3 is 10.6 Å². The molecule has 2 heterocycles. The molecule has 2 aliphatic heterocycles. The molecule has 6 nitrogen and oxygen atoms in total. The van der Waals surface area contributed by atoms with E-state index in [-0.39, 0.29) is 23.6 Å². The van der Waals surface area contributed by atoms with Crippen molar-refractivity contribution in [1.82, 2.24) is 14.9 Å². The molecular formula is C18H27N3O3S. The summed E-state index contributed by atoms with van der Waals surface area (Å²) in [4.78, 5) is 12.5. The van der Waals surface area contributed by atoms with Crippen molar-refractivity contribution < 1.29 is 13.2 Å². The van der Waals surface area contributed by atoms with E-state index in [1.807, 2.05) is 30.3 Å². The number of hydrogen-bond acceptors (Lipinski definition) is 4. The molecule has 0 radical (unpaired) electrons. The normalized spacial score (nSPS) is 23.3. The topological polar surface area (TPSA) is 78.5 Å². The van der Waals surface area contributed by atoms with Crippen molar-refractivity contribution in [2.45, 2.75) is 37.5 Å². The lowest BCUT2D eigenvalue weighted by Gasteiger charge is -2.33.